The van der Waals surface area contributed by atoms with Crippen LogP contribution in [0.25, 0.3) is 11.2 Å². The Bertz CT molecular complexity index is 738. The Labute approximate surface area is 130 Å². The highest BCUT2D eigenvalue weighted by Gasteiger charge is 2.38. The molecule has 3 N–H and O–H groups in total. The zero-order valence-corrected chi connectivity index (χ0v) is 13.2. The number of halogens is 1. The Morgan fingerprint density at radius 1 is 1.59 bits per heavy atom. The van der Waals surface area contributed by atoms with Crippen LogP contribution in [0.15, 0.2) is 12.7 Å². The van der Waals surface area contributed by atoms with Gasteiger partial charge < -0.3 is 19.9 Å². The molecule has 8 nitrogen and oxygen atoms in total. The molecule has 4 atom stereocenters. The van der Waals surface area contributed by atoms with E-state index in [2.05, 4.69) is 33.5 Å². The van der Waals surface area contributed by atoms with Crippen LogP contribution in [0.5, 0.6) is 0 Å². The number of nitrogens with two attached hydrogens (primary N) is 1. The third-order valence-corrected chi connectivity index (χ3v) is 4.17. The van der Waals surface area contributed by atoms with Crippen molar-refractivity contribution in [3.05, 3.63) is 12.7 Å². The van der Waals surface area contributed by atoms with E-state index in [1.165, 1.54) is 17.2 Å². The number of ether oxygens (including phenoxy) is 1. The fraction of sp³-hybridized carbons (Fsp3) is 0.455. The number of hydrogen-bond donors (Lipinski definition) is 3. The number of nitrogen functional groups attached to an aromatic ring is 1. The third kappa shape index (κ3) is 3.11. The second-order valence-corrected chi connectivity index (χ2v) is 8.41. The monoisotopic (exact) mass is 347 g/mol. The van der Waals surface area contributed by atoms with Crippen molar-refractivity contribution in [2.45, 2.75) is 24.9 Å². The number of nitrogens with zero attached hydrogens (tertiary/aromatic N) is 4. The van der Waals surface area contributed by atoms with Gasteiger partial charge in [-0.1, -0.05) is 12.2 Å². The predicted molar refractivity (Wildman–Crippen MR) is 84.4 cm³/mol. The molecule has 22 heavy (non-hydrogen) atoms. The van der Waals surface area contributed by atoms with Crippen molar-refractivity contribution in [2.75, 3.05) is 12.3 Å². The van der Waals surface area contributed by atoms with Crippen LogP contribution in [0, 0.1) is 0 Å². The number of aromatic nitrogens is 4. The van der Waals surface area contributed by atoms with Gasteiger partial charge in [-0.2, -0.15) is 0 Å². The van der Waals surface area contributed by atoms with E-state index in [9.17, 15) is 9.28 Å². The summed E-state index contributed by atoms with van der Waals surface area (Å²) in [4.78, 5) is 21.4. The summed E-state index contributed by atoms with van der Waals surface area (Å²) in [6, 6.07) is 0. The summed E-state index contributed by atoms with van der Waals surface area (Å²) in [6.07, 6.45) is 3.54. The molecule has 0 aliphatic carbocycles. The van der Waals surface area contributed by atoms with Crippen molar-refractivity contribution < 1.29 is 18.5 Å². The first-order chi connectivity index (χ1) is 10.3. The van der Waals surface area contributed by atoms with Gasteiger partial charge in [0.2, 0.25) is 0 Å². The minimum Gasteiger partial charge on any atom is -0.382 e. The first-order valence-corrected chi connectivity index (χ1v) is 9.41. The van der Waals surface area contributed by atoms with Gasteiger partial charge in [0, 0.05) is 6.42 Å². The number of thiol groups is 1. The Balaban J connectivity index is 1.80. The van der Waals surface area contributed by atoms with Gasteiger partial charge in [-0.05, 0) is 6.30 Å². The number of alkyl halides is 1. The minimum absolute atomic E-state index is 0.0119. The van der Waals surface area contributed by atoms with Gasteiger partial charge >= 0.3 is 0 Å². The molecule has 0 saturated carbocycles. The van der Waals surface area contributed by atoms with Gasteiger partial charge in [-0.3, -0.25) is 4.57 Å². The van der Waals surface area contributed by atoms with E-state index >= 15 is 0 Å². The molecule has 2 aromatic rings. The van der Waals surface area contributed by atoms with Gasteiger partial charge in [-0.15, -0.1) is 0 Å². The van der Waals surface area contributed by atoms with Gasteiger partial charge in [0.05, 0.1) is 19.0 Å². The molecule has 1 aliphatic rings. The van der Waals surface area contributed by atoms with E-state index in [0.717, 1.165) is 0 Å². The minimum atomic E-state index is -2.93. The average molecular weight is 347 g/mol. The molecule has 0 radical (unpaired) electrons. The Hall–Kier alpha value is -1.19. The highest BCUT2D eigenvalue weighted by Crippen LogP contribution is 2.47. The molecule has 1 aliphatic heterocycles. The highest BCUT2D eigenvalue weighted by atomic mass is 32.7. The molecule has 11 heteroatoms. The summed E-state index contributed by atoms with van der Waals surface area (Å²) in [7, 11) is 0. The molecule has 0 aromatic carbocycles. The van der Waals surface area contributed by atoms with Crippen molar-refractivity contribution in [3.63, 3.8) is 0 Å². The summed E-state index contributed by atoms with van der Waals surface area (Å²) in [6.45, 7) is -2.92. The molecule has 3 heterocycles. The molecule has 2 aromatic heterocycles. The van der Waals surface area contributed by atoms with Crippen molar-refractivity contribution >= 4 is 42.1 Å². The van der Waals surface area contributed by atoms with Crippen LogP contribution < -0.4 is 5.73 Å². The number of anilines is 1. The maximum absolute atomic E-state index is 14.3. The lowest BCUT2D eigenvalue weighted by Crippen LogP contribution is -2.17. The molecule has 1 fully saturated rings. The Kier molecular flexibility index (Phi) is 4.13. The van der Waals surface area contributed by atoms with Crippen LogP contribution in [0.4, 0.5) is 10.2 Å². The SMILES string of the molecule is C=P(O)(S)OC[C@@H]1CC(F)[C@H](n2cnc3c(N)ncnc32)O1. The van der Waals surface area contributed by atoms with Crippen molar-refractivity contribution in [2.24, 2.45) is 0 Å². The number of rotatable bonds is 4. The van der Waals surface area contributed by atoms with E-state index in [1.807, 2.05) is 0 Å². The van der Waals surface area contributed by atoms with E-state index in [0.29, 0.717) is 11.2 Å². The van der Waals surface area contributed by atoms with Gasteiger partial charge in [0.25, 0.3) is 0 Å². The number of imidazole rings is 1. The maximum atomic E-state index is 14.3. The zero-order valence-electron chi connectivity index (χ0n) is 11.4. The lowest BCUT2D eigenvalue weighted by Gasteiger charge is -2.17. The Morgan fingerprint density at radius 3 is 3.09 bits per heavy atom. The van der Waals surface area contributed by atoms with Gasteiger partial charge in [-0.25, -0.2) is 19.3 Å². The second-order valence-electron chi connectivity index (χ2n) is 4.94. The summed E-state index contributed by atoms with van der Waals surface area (Å²) < 4.78 is 26.5. The van der Waals surface area contributed by atoms with E-state index < -0.39 is 25.0 Å². The maximum Gasteiger partial charge on any atom is 0.168 e. The van der Waals surface area contributed by atoms with E-state index in [1.54, 1.807) is 0 Å². The number of hydrogen-bond acceptors (Lipinski definition) is 8. The molecule has 2 unspecified atom stereocenters. The van der Waals surface area contributed by atoms with E-state index in [-0.39, 0.29) is 18.8 Å². The third-order valence-electron chi connectivity index (χ3n) is 3.26. The van der Waals surface area contributed by atoms with Crippen LogP contribution >= 0.6 is 18.8 Å². The second kappa shape index (κ2) is 5.78. The van der Waals surface area contributed by atoms with Crippen LogP contribution in [0.3, 0.4) is 0 Å². The molecule has 3 rings (SSSR count). The zero-order chi connectivity index (χ0) is 15.9. The molecule has 0 bridgehead atoms. The number of fused-ring (bicyclic) bond motifs is 1. The normalized spacial score (nSPS) is 28.0. The molecule has 0 spiro atoms. The quantitative estimate of drug-likeness (QED) is 0.563. The lowest BCUT2D eigenvalue weighted by atomic mass is 10.2. The predicted octanol–water partition coefficient (Wildman–Crippen LogP) is 1.17. The summed E-state index contributed by atoms with van der Waals surface area (Å²) in [5.41, 5.74) is 6.50. The highest BCUT2D eigenvalue weighted by molar-refractivity contribution is 8.47. The smallest absolute Gasteiger partial charge is 0.168 e. The first kappa shape index (κ1) is 15.7. The van der Waals surface area contributed by atoms with Gasteiger partial charge in [0.15, 0.2) is 24.2 Å². The summed E-state index contributed by atoms with van der Waals surface area (Å²) >= 11 is 3.83. The molecule has 1 saturated heterocycles. The largest absolute Gasteiger partial charge is 0.382 e. The van der Waals surface area contributed by atoms with E-state index in [4.69, 9.17) is 15.0 Å². The molecular weight excluding hydrogens is 332 g/mol. The van der Waals surface area contributed by atoms with Crippen LogP contribution in [0.1, 0.15) is 12.6 Å². The van der Waals surface area contributed by atoms with Crippen LogP contribution in [0.2, 0.25) is 0 Å². The summed E-state index contributed by atoms with van der Waals surface area (Å²) in [5.74, 6) is 0.221. The molecular formula is C11H15FN5O3PS. The lowest BCUT2D eigenvalue weighted by molar-refractivity contribution is -0.0307. The van der Waals surface area contributed by atoms with Crippen molar-refractivity contribution in [1.29, 1.82) is 0 Å². The fourth-order valence-electron chi connectivity index (χ4n) is 2.31. The molecule has 120 valence electrons. The van der Waals surface area contributed by atoms with Crippen LogP contribution in [-0.4, -0.2) is 49.6 Å². The standard InChI is InChI=1S/C11H15FN5O3PS/c1-21(18,22)19-3-6-2-7(12)11(20-6)17-5-16-8-9(13)14-4-15-10(8)17/h4-7,11,18,22H,1-3H2,(H2,13,14,15)/t6-,7?,11+,21?/m0/s1. The topological polar surface area (TPSA) is 108 Å². The fourth-order valence-corrected chi connectivity index (χ4v) is 2.92. The van der Waals surface area contributed by atoms with Gasteiger partial charge in [0.1, 0.15) is 18.0 Å². The molecule has 0 amide bonds. The summed E-state index contributed by atoms with van der Waals surface area (Å²) in [5, 5.41) is 0. The van der Waals surface area contributed by atoms with Crippen LogP contribution in [-0.2, 0) is 9.26 Å². The first-order valence-electron chi connectivity index (χ1n) is 6.41. The average Bonchev–Trinajstić information content (AvgIpc) is 3.00. The van der Waals surface area contributed by atoms with Crippen molar-refractivity contribution in [3.8, 4) is 0 Å². The van der Waals surface area contributed by atoms with Crippen molar-refractivity contribution in [1.82, 2.24) is 19.5 Å². The Morgan fingerprint density at radius 2 is 2.36 bits per heavy atom.